The molecule has 3 rings (SSSR count). The number of hydrogen-bond donors (Lipinski definition) is 1. The van der Waals surface area contributed by atoms with Gasteiger partial charge in [0, 0.05) is 19.2 Å². The van der Waals surface area contributed by atoms with E-state index in [0.29, 0.717) is 17.9 Å². The predicted molar refractivity (Wildman–Crippen MR) is 98.3 cm³/mol. The summed E-state index contributed by atoms with van der Waals surface area (Å²) in [5.74, 6) is 0.443. The van der Waals surface area contributed by atoms with E-state index >= 15 is 0 Å². The molecule has 132 valence electrons. The fourth-order valence-corrected chi connectivity index (χ4v) is 3.27. The highest BCUT2D eigenvalue weighted by atomic mass is 16.5. The van der Waals surface area contributed by atoms with Crippen molar-refractivity contribution >= 4 is 5.78 Å². The maximum atomic E-state index is 11.3. The molecular formula is C21H25NO3. The summed E-state index contributed by atoms with van der Waals surface area (Å²) >= 11 is 0. The maximum Gasteiger partial charge on any atom is 0.163 e. The van der Waals surface area contributed by atoms with Crippen LogP contribution in [-0.2, 0) is 13.0 Å². The molecule has 2 aromatic carbocycles. The highest BCUT2D eigenvalue weighted by molar-refractivity contribution is 5.96. The van der Waals surface area contributed by atoms with E-state index in [9.17, 15) is 9.90 Å². The van der Waals surface area contributed by atoms with Crippen molar-refractivity contribution in [3.05, 3.63) is 59.2 Å². The Kier molecular flexibility index (Phi) is 5.71. The van der Waals surface area contributed by atoms with Gasteiger partial charge in [-0.15, -0.1) is 0 Å². The van der Waals surface area contributed by atoms with E-state index < -0.39 is 0 Å². The lowest BCUT2D eigenvalue weighted by molar-refractivity contribution is 0.101. The zero-order valence-electron chi connectivity index (χ0n) is 14.7. The molecule has 1 aliphatic rings. The Balaban J connectivity index is 1.38. The van der Waals surface area contributed by atoms with Crippen molar-refractivity contribution in [3.8, 4) is 11.5 Å². The highest BCUT2D eigenvalue weighted by Gasteiger charge is 2.14. The molecule has 4 heteroatoms. The Morgan fingerprint density at radius 2 is 1.96 bits per heavy atom. The van der Waals surface area contributed by atoms with Crippen molar-refractivity contribution in [2.24, 2.45) is 0 Å². The van der Waals surface area contributed by atoms with E-state index in [1.165, 1.54) is 24.1 Å². The van der Waals surface area contributed by atoms with Crippen LogP contribution in [0.3, 0.4) is 0 Å². The van der Waals surface area contributed by atoms with Gasteiger partial charge in [0.15, 0.2) is 5.78 Å². The lowest BCUT2D eigenvalue weighted by Gasteiger charge is -2.28. The topological polar surface area (TPSA) is 49.8 Å². The van der Waals surface area contributed by atoms with E-state index in [2.05, 4.69) is 29.2 Å². The molecule has 0 fully saturated rings. The van der Waals surface area contributed by atoms with Crippen LogP contribution in [0.4, 0.5) is 0 Å². The molecule has 4 nitrogen and oxygen atoms in total. The second-order valence-corrected chi connectivity index (χ2v) is 6.59. The Morgan fingerprint density at radius 3 is 2.72 bits per heavy atom. The summed E-state index contributed by atoms with van der Waals surface area (Å²) in [7, 11) is 0. The summed E-state index contributed by atoms with van der Waals surface area (Å²) in [5.41, 5.74) is 3.26. The average molecular weight is 339 g/mol. The number of carbonyl (C=O) groups excluding carboxylic acids is 1. The van der Waals surface area contributed by atoms with Crippen molar-refractivity contribution in [1.82, 2.24) is 4.90 Å². The summed E-state index contributed by atoms with van der Waals surface area (Å²) in [6.07, 6.45) is 3.18. The fraction of sp³-hybridized carbons (Fsp3) is 0.381. The van der Waals surface area contributed by atoms with Crippen LogP contribution in [0.5, 0.6) is 11.5 Å². The third-order valence-electron chi connectivity index (χ3n) is 4.70. The molecule has 2 aromatic rings. The smallest absolute Gasteiger partial charge is 0.163 e. The van der Waals surface area contributed by atoms with Crippen LogP contribution in [0.15, 0.2) is 42.5 Å². The number of carbonyl (C=O) groups is 1. The molecule has 0 atom stereocenters. The first kappa shape index (κ1) is 17.5. The predicted octanol–water partition coefficient (Wildman–Crippen LogP) is 3.81. The molecule has 1 aliphatic heterocycles. The molecule has 0 saturated heterocycles. The van der Waals surface area contributed by atoms with Crippen molar-refractivity contribution in [2.45, 2.75) is 32.7 Å². The standard InChI is InChI=1S/C21H25NO3/c1-16(23)20-9-8-19(14-21(20)24)25-13-5-4-11-22-12-10-17-6-2-3-7-18(17)15-22/h2-3,6-9,14,24H,4-5,10-13,15H2,1H3. The quantitative estimate of drug-likeness (QED) is 0.615. The normalized spacial score (nSPS) is 14.1. The number of ketones is 1. The zero-order valence-corrected chi connectivity index (χ0v) is 14.7. The van der Waals surface area contributed by atoms with Crippen LogP contribution in [-0.4, -0.2) is 35.5 Å². The molecule has 0 amide bonds. The molecular weight excluding hydrogens is 314 g/mol. The van der Waals surface area contributed by atoms with Crippen LogP contribution >= 0.6 is 0 Å². The second-order valence-electron chi connectivity index (χ2n) is 6.59. The lowest BCUT2D eigenvalue weighted by Crippen LogP contribution is -2.31. The van der Waals surface area contributed by atoms with E-state index in [1.807, 2.05) is 0 Å². The molecule has 25 heavy (non-hydrogen) atoms. The number of phenols is 1. The Bertz CT molecular complexity index is 742. The third-order valence-corrected chi connectivity index (χ3v) is 4.70. The van der Waals surface area contributed by atoms with Gasteiger partial charge in [0.05, 0.1) is 12.2 Å². The minimum Gasteiger partial charge on any atom is -0.507 e. The number of ether oxygens (including phenoxy) is 1. The molecule has 1 N–H and O–H groups in total. The molecule has 0 saturated carbocycles. The first-order valence-corrected chi connectivity index (χ1v) is 8.89. The van der Waals surface area contributed by atoms with Crippen molar-refractivity contribution < 1.29 is 14.6 Å². The summed E-state index contributed by atoms with van der Waals surface area (Å²) in [5, 5.41) is 9.81. The number of hydrogen-bond acceptors (Lipinski definition) is 4. The van der Waals surface area contributed by atoms with Gasteiger partial charge < -0.3 is 9.84 Å². The van der Waals surface area contributed by atoms with Gasteiger partial charge in [-0.25, -0.2) is 0 Å². The van der Waals surface area contributed by atoms with Gasteiger partial charge in [-0.1, -0.05) is 24.3 Å². The third kappa shape index (κ3) is 4.60. The molecule has 0 spiro atoms. The van der Waals surface area contributed by atoms with Crippen LogP contribution in [0, 0.1) is 0 Å². The number of unbranched alkanes of at least 4 members (excludes halogenated alkanes) is 1. The fourth-order valence-electron chi connectivity index (χ4n) is 3.27. The van der Waals surface area contributed by atoms with Crippen LogP contribution in [0.1, 0.15) is 41.3 Å². The van der Waals surface area contributed by atoms with Gasteiger partial charge in [0.25, 0.3) is 0 Å². The minimum atomic E-state index is -0.146. The van der Waals surface area contributed by atoms with Gasteiger partial charge in [0.2, 0.25) is 0 Å². The monoisotopic (exact) mass is 339 g/mol. The molecule has 0 bridgehead atoms. The van der Waals surface area contributed by atoms with E-state index in [0.717, 1.165) is 38.9 Å². The molecule has 1 heterocycles. The minimum absolute atomic E-state index is 0.0167. The molecule has 0 aliphatic carbocycles. The van der Waals surface area contributed by atoms with E-state index in [4.69, 9.17) is 4.74 Å². The Labute approximate surface area is 149 Å². The molecule has 0 radical (unpaired) electrons. The number of nitrogens with zero attached hydrogens (tertiary/aromatic N) is 1. The Hall–Kier alpha value is -2.33. The SMILES string of the molecule is CC(=O)c1ccc(OCCCCN2CCc3ccccc3C2)cc1O. The zero-order chi connectivity index (χ0) is 17.6. The second kappa shape index (κ2) is 8.17. The van der Waals surface area contributed by atoms with Crippen LogP contribution in [0.2, 0.25) is 0 Å². The van der Waals surface area contributed by atoms with Gasteiger partial charge in [-0.05, 0) is 56.0 Å². The lowest BCUT2D eigenvalue weighted by atomic mass is 10.00. The van der Waals surface area contributed by atoms with Crippen molar-refractivity contribution in [3.63, 3.8) is 0 Å². The number of fused-ring (bicyclic) bond motifs is 1. The molecule has 0 unspecified atom stereocenters. The van der Waals surface area contributed by atoms with E-state index in [1.54, 1.807) is 12.1 Å². The summed E-state index contributed by atoms with van der Waals surface area (Å²) in [4.78, 5) is 13.8. The molecule has 0 aromatic heterocycles. The number of Topliss-reactive ketones (excluding diaryl/α,β-unsaturated/α-hetero) is 1. The number of rotatable bonds is 7. The van der Waals surface area contributed by atoms with Gasteiger partial charge in [-0.2, -0.15) is 0 Å². The van der Waals surface area contributed by atoms with Gasteiger partial charge in [0.1, 0.15) is 11.5 Å². The first-order chi connectivity index (χ1) is 12.1. The number of benzene rings is 2. The number of aromatic hydroxyl groups is 1. The summed E-state index contributed by atoms with van der Waals surface area (Å²) < 4.78 is 5.68. The highest BCUT2D eigenvalue weighted by Crippen LogP contribution is 2.24. The van der Waals surface area contributed by atoms with Crippen LogP contribution in [0.25, 0.3) is 0 Å². The van der Waals surface area contributed by atoms with E-state index in [-0.39, 0.29) is 11.5 Å². The van der Waals surface area contributed by atoms with Gasteiger partial charge in [-0.3, -0.25) is 9.69 Å². The summed E-state index contributed by atoms with van der Waals surface area (Å²) in [6, 6.07) is 13.5. The summed E-state index contributed by atoms with van der Waals surface area (Å²) in [6.45, 7) is 5.29. The first-order valence-electron chi connectivity index (χ1n) is 8.89. The van der Waals surface area contributed by atoms with Crippen LogP contribution < -0.4 is 4.74 Å². The maximum absolute atomic E-state index is 11.3. The van der Waals surface area contributed by atoms with Crippen molar-refractivity contribution in [2.75, 3.05) is 19.7 Å². The number of phenolic OH excluding ortho intramolecular Hbond substituents is 1. The largest absolute Gasteiger partial charge is 0.507 e. The Morgan fingerprint density at radius 1 is 1.16 bits per heavy atom. The van der Waals surface area contributed by atoms with Gasteiger partial charge >= 0.3 is 0 Å². The average Bonchev–Trinajstić information content (AvgIpc) is 2.61. The van der Waals surface area contributed by atoms with Crippen molar-refractivity contribution in [1.29, 1.82) is 0 Å².